The molecule has 0 aliphatic heterocycles. The Labute approximate surface area is 89.3 Å². The Balaban J connectivity index is 3.79. The van der Waals surface area contributed by atoms with E-state index in [0.717, 1.165) is 9.24 Å². The van der Waals surface area contributed by atoms with E-state index in [2.05, 4.69) is 15.9 Å². The maximum absolute atomic E-state index is 11.7. The van der Waals surface area contributed by atoms with Gasteiger partial charge in [-0.1, -0.05) is 0 Å². The first-order valence-corrected chi connectivity index (χ1v) is 4.96. The molecule has 0 radical (unpaired) electrons. The fourth-order valence-corrected chi connectivity index (χ4v) is 1.55. The Morgan fingerprint density at radius 3 is 2.29 bits per heavy atom. The average molecular weight is 262 g/mol. The molecule has 1 aromatic heterocycles. The number of nitrogen functional groups attached to an aromatic ring is 1. The Morgan fingerprint density at radius 2 is 1.86 bits per heavy atom. The SMILES string of the molecule is Cc1c(Br)c(=O)n(C(C)C)c(=O)n1N. The minimum absolute atomic E-state index is 0.207. The van der Waals surface area contributed by atoms with Crippen LogP contribution in [0.4, 0.5) is 0 Å². The third-order valence-corrected chi connectivity index (χ3v) is 2.93. The summed E-state index contributed by atoms with van der Waals surface area (Å²) in [7, 11) is 0. The van der Waals surface area contributed by atoms with E-state index < -0.39 is 5.69 Å². The molecule has 2 N–H and O–H groups in total. The van der Waals surface area contributed by atoms with Crippen LogP contribution in [0.1, 0.15) is 25.6 Å². The van der Waals surface area contributed by atoms with Crippen molar-refractivity contribution in [1.29, 1.82) is 0 Å². The van der Waals surface area contributed by atoms with Crippen molar-refractivity contribution in [3.05, 3.63) is 31.0 Å². The fraction of sp³-hybridized carbons (Fsp3) is 0.500. The van der Waals surface area contributed by atoms with Crippen molar-refractivity contribution in [2.75, 3.05) is 5.84 Å². The first-order chi connectivity index (χ1) is 6.37. The smallest absolute Gasteiger partial charge is 0.335 e. The van der Waals surface area contributed by atoms with Crippen molar-refractivity contribution in [1.82, 2.24) is 9.24 Å². The molecule has 0 aliphatic carbocycles. The molecule has 0 aromatic carbocycles. The second-order valence-electron chi connectivity index (χ2n) is 3.32. The van der Waals surface area contributed by atoms with E-state index in [0.29, 0.717) is 10.2 Å². The molecule has 78 valence electrons. The zero-order valence-corrected chi connectivity index (χ0v) is 9.83. The zero-order chi connectivity index (χ0) is 11.0. The molecule has 0 atom stereocenters. The number of nitrogens with two attached hydrogens (primary N) is 1. The quantitative estimate of drug-likeness (QED) is 0.743. The highest BCUT2D eigenvalue weighted by atomic mass is 79.9. The van der Waals surface area contributed by atoms with Crippen LogP contribution in [0.5, 0.6) is 0 Å². The monoisotopic (exact) mass is 261 g/mol. The van der Waals surface area contributed by atoms with Crippen molar-refractivity contribution < 1.29 is 0 Å². The summed E-state index contributed by atoms with van der Waals surface area (Å²) < 4.78 is 2.40. The van der Waals surface area contributed by atoms with E-state index in [4.69, 9.17) is 5.84 Å². The van der Waals surface area contributed by atoms with Gasteiger partial charge in [0.1, 0.15) is 4.47 Å². The van der Waals surface area contributed by atoms with Crippen LogP contribution < -0.4 is 17.1 Å². The van der Waals surface area contributed by atoms with Gasteiger partial charge in [0.25, 0.3) is 5.56 Å². The number of rotatable bonds is 1. The highest BCUT2D eigenvalue weighted by molar-refractivity contribution is 9.10. The van der Waals surface area contributed by atoms with E-state index in [1.54, 1.807) is 20.8 Å². The average Bonchev–Trinajstić information content (AvgIpc) is 2.11. The van der Waals surface area contributed by atoms with E-state index in [9.17, 15) is 9.59 Å². The van der Waals surface area contributed by atoms with Gasteiger partial charge >= 0.3 is 5.69 Å². The lowest BCUT2D eigenvalue weighted by molar-refractivity contribution is 0.521. The van der Waals surface area contributed by atoms with Gasteiger partial charge in [0, 0.05) is 6.04 Å². The number of hydrogen-bond donors (Lipinski definition) is 1. The highest BCUT2D eigenvalue weighted by Gasteiger charge is 2.14. The Bertz CT molecular complexity index is 435. The van der Waals surface area contributed by atoms with Gasteiger partial charge in [-0.15, -0.1) is 0 Å². The van der Waals surface area contributed by atoms with E-state index >= 15 is 0 Å². The van der Waals surface area contributed by atoms with E-state index in [1.807, 2.05) is 0 Å². The largest absolute Gasteiger partial charge is 0.349 e. The summed E-state index contributed by atoms with van der Waals surface area (Å²) >= 11 is 3.11. The predicted octanol–water partition coefficient (Wildman–Crippen LogP) is 0.376. The van der Waals surface area contributed by atoms with Crippen molar-refractivity contribution in [3.63, 3.8) is 0 Å². The molecule has 0 aliphatic rings. The summed E-state index contributed by atoms with van der Waals surface area (Å²) in [5.41, 5.74) is -0.410. The summed E-state index contributed by atoms with van der Waals surface area (Å²) in [6, 6.07) is -0.207. The van der Waals surface area contributed by atoms with Gasteiger partial charge in [-0.3, -0.25) is 9.36 Å². The van der Waals surface area contributed by atoms with Crippen LogP contribution in [0.3, 0.4) is 0 Å². The fourth-order valence-electron chi connectivity index (χ4n) is 1.17. The van der Waals surface area contributed by atoms with Crippen LogP contribution in [0.25, 0.3) is 0 Å². The first kappa shape index (κ1) is 11.0. The normalized spacial score (nSPS) is 10.9. The van der Waals surface area contributed by atoms with Gasteiger partial charge in [0.15, 0.2) is 0 Å². The summed E-state index contributed by atoms with van der Waals surface area (Å²) in [6.45, 7) is 5.12. The molecule has 0 saturated heterocycles. The highest BCUT2D eigenvalue weighted by Crippen LogP contribution is 2.07. The molecular weight excluding hydrogens is 250 g/mol. The van der Waals surface area contributed by atoms with Gasteiger partial charge in [0.2, 0.25) is 0 Å². The minimum atomic E-state index is -0.495. The molecule has 0 saturated carbocycles. The van der Waals surface area contributed by atoms with Crippen molar-refractivity contribution >= 4 is 15.9 Å². The molecule has 1 rings (SSSR count). The van der Waals surface area contributed by atoms with E-state index in [-0.39, 0.29) is 11.6 Å². The summed E-state index contributed by atoms with van der Waals surface area (Å²) in [5, 5.41) is 0. The third-order valence-electron chi connectivity index (χ3n) is 2.01. The molecule has 0 unspecified atom stereocenters. The second-order valence-corrected chi connectivity index (χ2v) is 4.11. The van der Waals surface area contributed by atoms with Crippen LogP contribution >= 0.6 is 15.9 Å². The molecule has 6 heteroatoms. The van der Waals surface area contributed by atoms with Gasteiger partial charge < -0.3 is 5.84 Å². The topological polar surface area (TPSA) is 70.0 Å². The van der Waals surface area contributed by atoms with Gasteiger partial charge in [-0.05, 0) is 36.7 Å². The molecule has 1 heterocycles. The maximum atomic E-state index is 11.7. The lowest BCUT2D eigenvalue weighted by atomic mass is 10.3. The van der Waals surface area contributed by atoms with Crippen molar-refractivity contribution in [3.8, 4) is 0 Å². The Morgan fingerprint density at radius 1 is 1.36 bits per heavy atom. The Kier molecular flexibility index (Phi) is 2.84. The molecule has 0 amide bonds. The number of halogens is 1. The molecule has 14 heavy (non-hydrogen) atoms. The molecule has 0 spiro atoms. The second kappa shape index (κ2) is 3.61. The lowest BCUT2D eigenvalue weighted by Crippen LogP contribution is -2.45. The zero-order valence-electron chi connectivity index (χ0n) is 8.24. The summed E-state index contributed by atoms with van der Waals surface area (Å²) in [4.78, 5) is 23.2. The molecule has 5 nitrogen and oxygen atoms in total. The van der Waals surface area contributed by atoms with Crippen LogP contribution in [-0.4, -0.2) is 9.24 Å². The maximum Gasteiger partial charge on any atom is 0.349 e. The summed E-state index contributed by atoms with van der Waals surface area (Å²) in [6.07, 6.45) is 0. The molecular formula is C8H12BrN3O2. The number of aromatic nitrogens is 2. The number of hydrogen-bond acceptors (Lipinski definition) is 3. The van der Waals surface area contributed by atoms with Crippen LogP contribution in [-0.2, 0) is 0 Å². The van der Waals surface area contributed by atoms with E-state index in [1.165, 1.54) is 0 Å². The summed E-state index contributed by atoms with van der Waals surface area (Å²) in [5.74, 6) is 5.50. The number of nitrogens with zero attached hydrogens (tertiary/aromatic N) is 2. The molecule has 1 aromatic rings. The van der Waals surface area contributed by atoms with Crippen LogP contribution in [0.15, 0.2) is 14.1 Å². The van der Waals surface area contributed by atoms with Crippen LogP contribution in [0, 0.1) is 6.92 Å². The third kappa shape index (κ3) is 1.50. The van der Waals surface area contributed by atoms with Crippen LogP contribution in [0.2, 0.25) is 0 Å². The Hall–Kier alpha value is -1.04. The standard InChI is InChI=1S/C8H12BrN3O2/c1-4(2)11-7(13)6(9)5(3)12(10)8(11)14/h4H,10H2,1-3H3. The molecule has 0 fully saturated rings. The van der Waals surface area contributed by atoms with Gasteiger partial charge in [0.05, 0.1) is 5.69 Å². The molecule has 0 bridgehead atoms. The predicted molar refractivity (Wildman–Crippen MR) is 57.9 cm³/mol. The minimum Gasteiger partial charge on any atom is -0.335 e. The van der Waals surface area contributed by atoms with Gasteiger partial charge in [-0.25, -0.2) is 9.47 Å². The van der Waals surface area contributed by atoms with Gasteiger partial charge in [-0.2, -0.15) is 0 Å². The lowest BCUT2D eigenvalue weighted by Gasteiger charge is -2.13. The van der Waals surface area contributed by atoms with Crippen molar-refractivity contribution in [2.45, 2.75) is 26.8 Å². The van der Waals surface area contributed by atoms with Crippen molar-refractivity contribution in [2.24, 2.45) is 0 Å². The first-order valence-electron chi connectivity index (χ1n) is 4.16.